The van der Waals surface area contributed by atoms with E-state index in [1.54, 1.807) is 14.2 Å². The van der Waals surface area contributed by atoms with Crippen LogP contribution in [0.1, 0.15) is 23.6 Å². The molecule has 1 aliphatic heterocycles. The maximum absolute atomic E-state index is 6.55. The zero-order chi connectivity index (χ0) is 25.3. The highest BCUT2D eigenvalue weighted by molar-refractivity contribution is 6.32. The zero-order valence-corrected chi connectivity index (χ0v) is 22.0. The minimum absolute atomic E-state index is 0.566. The van der Waals surface area contributed by atoms with Crippen molar-refractivity contribution in [1.82, 2.24) is 20.3 Å². The van der Waals surface area contributed by atoms with Gasteiger partial charge in [0, 0.05) is 56.5 Å². The Morgan fingerprint density at radius 1 is 0.944 bits per heavy atom. The summed E-state index contributed by atoms with van der Waals surface area (Å²) in [5.41, 5.74) is 8.18. The van der Waals surface area contributed by atoms with Crippen LogP contribution in [0.4, 0.5) is 17.3 Å². The molecule has 1 aliphatic rings. The molecule has 2 heterocycles. The van der Waals surface area contributed by atoms with Crippen molar-refractivity contribution >= 4 is 28.9 Å². The van der Waals surface area contributed by atoms with Crippen LogP contribution in [-0.2, 0) is 24.2 Å². The van der Waals surface area contributed by atoms with Crippen molar-refractivity contribution in [2.24, 2.45) is 0 Å². The number of aromatic nitrogens is 2. The molecule has 2 N–H and O–H groups in total. The smallest absolute Gasteiger partial charge is 0.227 e. The second kappa shape index (κ2) is 12.9. The molecule has 0 bridgehead atoms. The Hall–Kier alpha value is -2.91. The summed E-state index contributed by atoms with van der Waals surface area (Å²) in [4.78, 5) is 18.9. The van der Waals surface area contributed by atoms with Crippen molar-refractivity contribution in [3.05, 3.63) is 70.5 Å². The van der Waals surface area contributed by atoms with Gasteiger partial charge in [-0.05, 0) is 66.4 Å². The van der Waals surface area contributed by atoms with E-state index in [2.05, 4.69) is 67.8 Å². The van der Waals surface area contributed by atoms with Crippen LogP contribution in [0, 0.1) is 0 Å². The molecule has 0 unspecified atom stereocenters. The lowest BCUT2D eigenvalue weighted by Crippen LogP contribution is -2.46. The summed E-state index contributed by atoms with van der Waals surface area (Å²) in [7, 11) is 3.22. The molecule has 0 aliphatic carbocycles. The van der Waals surface area contributed by atoms with Crippen LogP contribution in [0.5, 0.6) is 5.75 Å². The molecular formula is C27H35ClN6O2. The first kappa shape index (κ1) is 26.2. The van der Waals surface area contributed by atoms with Crippen molar-refractivity contribution in [2.45, 2.75) is 26.3 Å². The molecule has 3 aromatic rings. The molecule has 0 atom stereocenters. The van der Waals surface area contributed by atoms with Gasteiger partial charge >= 0.3 is 0 Å². The molecule has 1 saturated heterocycles. The van der Waals surface area contributed by atoms with Crippen molar-refractivity contribution in [3.63, 3.8) is 0 Å². The predicted molar refractivity (Wildman–Crippen MR) is 145 cm³/mol. The molecular weight excluding hydrogens is 476 g/mol. The second-order valence-corrected chi connectivity index (χ2v) is 9.18. The van der Waals surface area contributed by atoms with E-state index < -0.39 is 0 Å². The summed E-state index contributed by atoms with van der Waals surface area (Å²) in [6, 6.07) is 12.5. The molecule has 0 saturated carbocycles. The van der Waals surface area contributed by atoms with Crippen molar-refractivity contribution in [1.29, 1.82) is 0 Å². The minimum Gasteiger partial charge on any atom is -0.495 e. The van der Waals surface area contributed by atoms with Crippen LogP contribution in [0.2, 0.25) is 5.02 Å². The predicted octanol–water partition coefficient (Wildman–Crippen LogP) is 4.46. The van der Waals surface area contributed by atoms with Crippen molar-refractivity contribution < 1.29 is 9.57 Å². The van der Waals surface area contributed by atoms with Crippen LogP contribution < -0.4 is 20.4 Å². The van der Waals surface area contributed by atoms with Crippen LogP contribution in [0.25, 0.3) is 0 Å². The molecule has 1 aromatic heterocycles. The Balaban J connectivity index is 1.33. The normalized spacial score (nSPS) is 14.2. The minimum atomic E-state index is 0.566. The van der Waals surface area contributed by atoms with Gasteiger partial charge in [0.25, 0.3) is 0 Å². The Labute approximate surface area is 218 Å². The van der Waals surface area contributed by atoms with E-state index in [4.69, 9.17) is 21.2 Å². The second-order valence-electron chi connectivity index (χ2n) is 8.80. The van der Waals surface area contributed by atoms with Crippen LogP contribution in [0.3, 0.4) is 0 Å². The third kappa shape index (κ3) is 6.85. The fourth-order valence-electron chi connectivity index (χ4n) is 4.34. The average Bonchev–Trinajstić information content (AvgIpc) is 2.93. The van der Waals surface area contributed by atoms with Gasteiger partial charge in [0.05, 0.1) is 19.2 Å². The number of methoxy groups -OCH3 is 1. The Kier molecular flexibility index (Phi) is 9.35. The van der Waals surface area contributed by atoms with E-state index in [-0.39, 0.29) is 0 Å². The lowest BCUT2D eigenvalue weighted by molar-refractivity contribution is 0.0866. The molecule has 2 aromatic carbocycles. The summed E-state index contributed by atoms with van der Waals surface area (Å²) < 4.78 is 5.44. The molecule has 0 amide bonds. The number of anilines is 3. The summed E-state index contributed by atoms with van der Waals surface area (Å²) in [5.74, 6) is 1.24. The first-order valence-electron chi connectivity index (χ1n) is 12.4. The fraction of sp³-hybridized carbons (Fsp3) is 0.407. The Morgan fingerprint density at radius 2 is 1.67 bits per heavy atom. The van der Waals surface area contributed by atoms with Crippen LogP contribution in [0.15, 0.2) is 48.8 Å². The molecule has 192 valence electrons. The topological polar surface area (TPSA) is 74.8 Å². The summed E-state index contributed by atoms with van der Waals surface area (Å²) in [6.45, 7) is 8.28. The molecule has 8 nitrogen and oxygen atoms in total. The van der Waals surface area contributed by atoms with Gasteiger partial charge in [-0.25, -0.2) is 9.97 Å². The Bertz CT molecular complexity index is 1100. The SMILES string of the molecule is CCN1CCN(c2ccc(Nc3ncc(CCc4cc(CNOC)cc(OC)c4Cl)cn3)cc2)CC1. The number of likely N-dealkylation sites (N-methyl/N-ethyl adjacent to an activating group) is 1. The first-order chi connectivity index (χ1) is 17.6. The number of nitrogens with one attached hydrogen (secondary N) is 2. The largest absolute Gasteiger partial charge is 0.495 e. The number of hydrogen-bond acceptors (Lipinski definition) is 8. The highest BCUT2D eigenvalue weighted by atomic mass is 35.5. The van der Waals surface area contributed by atoms with E-state index in [1.165, 1.54) is 5.69 Å². The van der Waals surface area contributed by atoms with Gasteiger partial charge < -0.3 is 24.7 Å². The fourth-order valence-corrected chi connectivity index (χ4v) is 4.62. The molecule has 9 heteroatoms. The van der Waals surface area contributed by atoms with Gasteiger partial charge in [-0.15, -0.1) is 0 Å². The quantitative estimate of drug-likeness (QED) is 0.366. The average molecular weight is 511 g/mol. The number of nitrogens with zero attached hydrogens (tertiary/aromatic N) is 4. The van der Waals surface area contributed by atoms with Crippen LogP contribution >= 0.6 is 11.6 Å². The number of aryl methyl sites for hydroxylation is 2. The molecule has 0 radical (unpaired) electrons. The van der Waals surface area contributed by atoms with Gasteiger partial charge in [0.15, 0.2) is 0 Å². The number of ether oxygens (including phenoxy) is 1. The van der Waals surface area contributed by atoms with Gasteiger partial charge in [-0.1, -0.05) is 24.6 Å². The number of hydroxylamine groups is 1. The number of halogens is 1. The lowest BCUT2D eigenvalue weighted by atomic mass is 10.0. The summed E-state index contributed by atoms with van der Waals surface area (Å²) in [5, 5.41) is 3.93. The number of hydrogen-bond donors (Lipinski definition) is 2. The lowest BCUT2D eigenvalue weighted by Gasteiger charge is -2.35. The number of piperazine rings is 1. The molecule has 36 heavy (non-hydrogen) atoms. The van der Waals surface area contributed by atoms with E-state index in [9.17, 15) is 0 Å². The third-order valence-electron chi connectivity index (χ3n) is 6.51. The monoisotopic (exact) mass is 510 g/mol. The number of benzene rings is 2. The summed E-state index contributed by atoms with van der Waals surface area (Å²) in [6.07, 6.45) is 5.24. The molecule has 4 rings (SSSR count). The maximum Gasteiger partial charge on any atom is 0.227 e. The number of rotatable bonds is 11. The first-order valence-corrected chi connectivity index (χ1v) is 12.7. The van der Waals surface area contributed by atoms with E-state index >= 15 is 0 Å². The van der Waals surface area contributed by atoms with Gasteiger partial charge in [0.1, 0.15) is 5.75 Å². The third-order valence-corrected chi connectivity index (χ3v) is 6.94. The summed E-state index contributed by atoms with van der Waals surface area (Å²) >= 11 is 6.55. The van der Waals surface area contributed by atoms with Gasteiger partial charge in [0.2, 0.25) is 5.95 Å². The molecule has 1 fully saturated rings. The van der Waals surface area contributed by atoms with Crippen molar-refractivity contribution in [3.8, 4) is 5.75 Å². The molecule has 0 spiro atoms. The van der Waals surface area contributed by atoms with Gasteiger partial charge in [-0.2, -0.15) is 5.48 Å². The van der Waals surface area contributed by atoms with E-state index in [0.717, 1.165) is 67.9 Å². The van der Waals surface area contributed by atoms with Crippen molar-refractivity contribution in [2.75, 3.05) is 57.2 Å². The Morgan fingerprint density at radius 3 is 2.31 bits per heavy atom. The highest BCUT2D eigenvalue weighted by Gasteiger charge is 2.16. The zero-order valence-electron chi connectivity index (χ0n) is 21.3. The maximum atomic E-state index is 6.55. The van der Waals surface area contributed by atoms with Crippen LogP contribution in [-0.4, -0.2) is 61.8 Å². The van der Waals surface area contributed by atoms with E-state index in [0.29, 0.717) is 23.3 Å². The van der Waals surface area contributed by atoms with Gasteiger partial charge in [-0.3, -0.25) is 0 Å². The standard InChI is InChI=1S/C27H35ClN6O2/c1-4-33-11-13-34(14-12-33)24-9-7-23(8-10-24)32-27-29-17-20(18-30-27)5-6-22-15-21(19-31-36-3)16-25(35-2)26(22)28/h7-10,15-18,31H,4-6,11-14,19H2,1-3H3,(H,29,30,32). The highest BCUT2D eigenvalue weighted by Crippen LogP contribution is 2.31. The van der Waals surface area contributed by atoms with E-state index in [1.807, 2.05) is 18.5 Å².